The molecule has 1 atom stereocenters. The highest BCUT2D eigenvalue weighted by Crippen LogP contribution is 2.15. The zero-order valence-corrected chi connectivity index (χ0v) is 12.5. The molecule has 1 unspecified atom stereocenters. The van der Waals surface area contributed by atoms with E-state index < -0.39 is 5.60 Å². The highest BCUT2D eigenvalue weighted by molar-refractivity contribution is 5.92. The van der Waals surface area contributed by atoms with E-state index in [0.717, 1.165) is 12.1 Å². The second kappa shape index (κ2) is 6.19. The van der Waals surface area contributed by atoms with Gasteiger partial charge in [0.05, 0.1) is 5.60 Å². The average molecular weight is 267 g/mol. The minimum absolute atomic E-state index is 0.242. The van der Waals surface area contributed by atoms with E-state index in [9.17, 15) is 9.90 Å². The Balaban J connectivity index is 2.49. The van der Waals surface area contributed by atoms with E-state index in [1.165, 1.54) is 0 Å². The van der Waals surface area contributed by atoms with Crippen LogP contribution < -0.4 is 5.32 Å². The zero-order chi connectivity index (χ0) is 14.6. The first-order chi connectivity index (χ1) is 8.71. The second-order valence-corrected chi connectivity index (χ2v) is 5.91. The Morgan fingerprint density at radius 2 is 2.21 bits per heavy atom. The molecule has 1 rings (SSSR count). The maximum absolute atomic E-state index is 11.9. The molecule has 0 aliphatic heterocycles. The second-order valence-electron chi connectivity index (χ2n) is 5.91. The van der Waals surface area contributed by atoms with Crippen LogP contribution in [0.4, 0.5) is 0 Å². The summed E-state index contributed by atoms with van der Waals surface area (Å²) < 4.78 is 1.66. The third kappa shape index (κ3) is 5.03. The fourth-order valence-corrected chi connectivity index (χ4v) is 1.72. The van der Waals surface area contributed by atoms with Gasteiger partial charge in [-0.3, -0.25) is 9.48 Å². The summed E-state index contributed by atoms with van der Waals surface area (Å²) in [6.45, 7) is 8.12. The maximum atomic E-state index is 11.9. The van der Waals surface area contributed by atoms with Gasteiger partial charge < -0.3 is 10.4 Å². The Morgan fingerprint density at radius 1 is 1.58 bits per heavy atom. The molecule has 2 N–H and O–H groups in total. The van der Waals surface area contributed by atoms with Crippen LogP contribution in [-0.2, 0) is 7.05 Å². The summed E-state index contributed by atoms with van der Waals surface area (Å²) in [6, 6.07) is 1.73. The lowest BCUT2D eigenvalue weighted by Gasteiger charge is -2.24. The first kappa shape index (κ1) is 15.7. The van der Waals surface area contributed by atoms with Gasteiger partial charge in [-0.1, -0.05) is 13.8 Å². The Morgan fingerprint density at radius 3 is 2.68 bits per heavy atom. The topological polar surface area (TPSA) is 67.2 Å². The quantitative estimate of drug-likeness (QED) is 0.823. The summed E-state index contributed by atoms with van der Waals surface area (Å²) in [4.78, 5) is 11.9. The van der Waals surface area contributed by atoms with Crippen LogP contribution >= 0.6 is 0 Å². The number of nitrogens with one attached hydrogen (secondary N) is 1. The molecule has 5 heteroatoms. The summed E-state index contributed by atoms with van der Waals surface area (Å²) in [5.41, 5.74) is 0.445. The van der Waals surface area contributed by atoms with Gasteiger partial charge >= 0.3 is 0 Å². The molecule has 0 bridgehead atoms. The molecule has 1 aromatic rings. The van der Waals surface area contributed by atoms with Crippen LogP contribution in [0.1, 0.15) is 49.8 Å². The zero-order valence-electron chi connectivity index (χ0n) is 12.5. The van der Waals surface area contributed by atoms with Crippen molar-refractivity contribution in [3.63, 3.8) is 0 Å². The van der Waals surface area contributed by atoms with Gasteiger partial charge in [-0.25, -0.2) is 0 Å². The van der Waals surface area contributed by atoms with Crippen molar-refractivity contribution >= 4 is 5.91 Å². The lowest BCUT2D eigenvalue weighted by molar-refractivity contribution is 0.0428. The van der Waals surface area contributed by atoms with Crippen molar-refractivity contribution in [3.8, 4) is 0 Å². The number of hydrogen-bond donors (Lipinski definition) is 2. The lowest BCUT2D eigenvalue weighted by Crippen LogP contribution is -2.41. The van der Waals surface area contributed by atoms with Crippen molar-refractivity contribution in [2.45, 2.75) is 46.1 Å². The molecular weight excluding hydrogens is 242 g/mol. The molecule has 0 saturated carbocycles. The van der Waals surface area contributed by atoms with Crippen molar-refractivity contribution in [1.82, 2.24) is 15.1 Å². The van der Waals surface area contributed by atoms with Gasteiger partial charge in [0.15, 0.2) is 0 Å². The van der Waals surface area contributed by atoms with Crippen LogP contribution in [0.25, 0.3) is 0 Å². The van der Waals surface area contributed by atoms with E-state index in [4.69, 9.17) is 0 Å². The van der Waals surface area contributed by atoms with Crippen LogP contribution in [0.15, 0.2) is 6.07 Å². The number of rotatable bonds is 6. The van der Waals surface area contributed by atoms with Gasteiger partial charge in [0.25, 0.3) is 5.91 Å². The number of nitrogens with zero attached hydrogens (tertiary/aromatic N) is 2. The number of aliphatic hydroxyl groups is 1. The van der Waals surface area contributed by atoms with Crippen LogP contribution in [-0.4, -0.2) is 32.9 Å². The summed E-state index contributed by atoms with van der Waals surface area (Å²) in [7, 11) is 1.80. The third-order valence-corrected chi connectivity index (χ3v) is 3.24. The normalized spacial score (nSPS) is 14.5. The molecule has 0 spiro atoms. The molecule has 108 valence electrons. The number of hydrogen-bond acceptors (Lipinski definition) is 3. The van der Waals surface area contributed by atoms with Gasteiger partial charge in [0, 0.05) is 19.3 Å². The summed E-state index contributed by atoms with van der Waals surface area (Å²) in [6.07, 6.45) is 1.61. The van der Waals surface area contributed by atoms with Gasteiger partial charge in [0.1, 0.15) is 5.69 Å². The van der Waals surface area contributed by atoms with E-state index in [1.807, 2.05) is 6.92 Å². The Hall–Kier alpha value is -1.36. The van der Waals surface area contributed by atoms with Crippen molar-refractivity contribution < 1.29 is 9.90 Å². The van der Waals surface area contributed by atoms with Gasteiger partial charge in [-0.15, -0.1) is 0 Å². The molecule has 19 heavy (non-hydrogen) atoms. The largest absolute Gasteiger partial charge is 0.388 e. The Kier molecular flexibility index (Phi) is 5.11. The molecule has 0 radical (unpaired) electrons. The molecule has 1 amide bonds. The molecule has 0 aliphatic carbocycles. The minimum Gasteiger partial charge on any atom is -0.388 e. The monoisotopic (exact) mass is 267 g/mol. The SMILES string of the molecule is Cc1cc(C(=O)NCC(C)(O)CCC(C)C)nn1C. The van der Waals surface area contributed by atoms with Gasteiger partial charge in [0.2, 0.25) is 0 Å². The molecule has 0 saturated heterocycles. The molecular formula is C14H25N3O2. The van der Waals surface area contributed by atoms with Crippen LogP contribution in [0.2, 0.25) is 0 Å². The highest BCUT2D eigenvalue weighted by atomic mass is 16.3. The molecule has 0 fully saturated rings. The summed E-state index contributed by atoms with van der Waals surface area (Å²) in [5.74, 6) is 0.300. The predicted octanol–water partition coefficient (Wildman–Crippen LogP) is 1.65. The third-order valence-electron chi connectivity index (χ3n) is 3.24. The molecule has 0 aromatic carbocycles. The Labute approximate surface area is 115 Å². The fourth-order valence-electron chi connectivity index (χ4n) is 1.72. The standard InChI is InChI=1S/C14H25N3O2/c1-10(2)6-7-14(4,19)9-15-13(18)12-8-11(3)17(5)16-12/h8,10,19H,6-7,9H2,1-5H3,(H,15,18). The average Bonchev–Trinajstić information content (AvgIpc) is 2.64. The highest BCUT2D eigenvalue weighted by Gasteiger charge is 2.22. The van der Waals surface area contributed by atoms with Crippen molar-refractivity contribution in [3.05, 3.63) is 17.5 Å². The molecule has 1 aromatic heterocycles. The number of amides is 1. The molecule has 0 aliphatic rings. The molecule has 1 heterocycles. The van der Waals surface area contributed by atoms with Gasteiger partial charge in [-0.05, 0) is 38.7 Å². The van der Waals surface area contributed by atoms with E-state index in [-0.39, 0.29) is 12.5 Å². The Bertz CT molecular complexity index is 416. The van der Waals surface area contributed by atoms with Crippen molar-refractivity contribution in [2.24, 2.45) is 13.0 Å². The molecule has 5 nitrogen and oxygen atoms in total. The van der Waals surface area contributed by atoms with E-state index in [2.05, 4.69) is 24.3 Å². The van der Waals surface area contributed by atoms with Crippen LogP contribution in [0.3, 0.4) is 0 Å². The van der Waals surface area contributed by atoms with Crippen LogP contribution in [0.5, 0.6) is 0 Å². The minimum atomic E-state index is -0.871. The number of aryl methyl sites for hydroxylation is 2. The van der Waals surface area contributed by atoms with Gasteiger partial charge in [-0.2, -0.15) is 5.10 Å². The van der Waals surface area contributed by atoms with E-state index >= 15 is 0 Å². The smallest absolute Gasteiger partial charge is 0.271 e. The van der Waals surface area contributed by atoms with E-state index in [1.54, 1.807) is 24.7 Å². The number of aromatic nitrogens is 2. The lowest BCUT2D eigenvalue weighted by atomic mass is 9.95. The number of carbonyl (C=O) groups excluding carboxylic acids is 1. The van der Waals surface area contributed by atoms with E-state index in [0.29, 0.717) is 18.0 Å². The van der Waals surface area contributed by atoms with Crippen LogP contribution in [0, 0.1) is 12.8 Å². The maximum Gasteiger partial charge on any atom is 0.271 e. The fraction of sp³-hybridized carbons (Fsp3) is 0.714. The first-order valence-corrected chi connectivity index (χ1v) is 6.72. The van der Waals surface area contributed by atoms with Crippen molar-refractivity contribution in [2.75, 3.05) is 6.54 Å². The number of carbonyl (C=O) groups is 1. The van der Waals surface area contributed by atoms with Crippen molar-refractivity contribution in [1.29, 1.82) is 0 Å². The summed E-state index contributed by atoms with van der Waals surface area (Å²) >= 11 is 0. The predicted molar refractivity (Wildman–Crippen MR) is 75.0 cm³/mol. The summed E-state index contributed by atoms with van der Waals surface area (Å²) in [5, 5.41) is 17.0. The first-order valence-electron chi connectivity index (χ1n) is 6.72.